The number of hydrogen-bond donors (Lipinski definition) is 1. The van der Waals surface area contributed by atoms with E-state index in [0.29, 0.717) is 6.42 Å². The highest BCUT2D eigenvalue weighted by molar-refractivity contribution is 5.42. The van der Waals surface area contributed by atoms with Crippen LogP contribution < -0.4 is 5.32 Å². The molecule has 19 heavy (non-hydrogen) atoms. The summed E-state index contributed by atoms with van der Waals surface area (Å²) < 4.78 is 0. The van der Waals surface area contributed by atoms with E-state index >= 15 is 0 Å². The minimum Gasteiger partial charge on any atom is -0.316 e. The highest BCUT2D eigenvalue weighted by atomic mass is 14.9. The molecule has 2 heteroatoms. The molecule has 1 aromatic carbocycles. The summed E-state index contributed by atoms with van der Waals surface area (Å²) in [5, 5.41) is 12.0. The summed E-state index contributed by atoms with van der Waals surface area (Å²) in [7, 11) is 0. The van der Waals surface area contributed by atoms with Crippen molar-refractivity contribution in [1.29, 1.82) is 5.26 Å². The van der Waals surface area contributed by atoms with Crippen LogP contribution >= 0.6 is 0 Å². The summed E-state index contributed by atoms with van der Waals surface area (Å²) in [6.45, 7) is 13.0. The molecule has 0 aromatic heterocycles. The van der Waals surface area contributed by atoms with Crippen LogP contribution in [0.3, 0.4) is 0 Å². The average Bonchev–Trinajstić information content (AvgIpc) is 2.35. The van der Waals surface area contributed by atoms with Crippen molar-refractivity contribution in [2.24, 2.45) is 0 Å². The molecular weight excluding hydrogens is 232 g/mol. The van der Waals surface area contributed by atoms with Crippen molar-refractivity contribution in [2.45, 2.75) is 52.9 Å². The molecule has 0 aliphatic carbocycles. The van der Waals surface area contributed by atoms with E-state index in [4.69, 9.17) is 5.26 Å². The Labute approximate surface area is 117 Å². The van der Waals surface area contributed by atoms with Gasteiger partial charge in [0.1, 0.15) is 0 Å². The maximum Gasteiger partial charge on any atom is 0.0622 e. The van der Waals surface area contributed by atoms with Crippen LogP contribution in [0, 0.1) is 32.1 Å². The fourth-order valence-corrected chi connectivity index (χ4v) is 2.48. The van der Waals surface area contributed by atoms with Crippen LogP contribution in [0.15, 0.2) is 12.1 Å². The zero-order valence-corrected chi connectivity index (χ0v) is 12.9. The van der Waals surface area contributed by atoms with Crippen molar-refractivity contribution in [3.05, 3.63) is 34.4 Å². The zero-order valence-electron chi connectivity index (χ0n) is 12.9. The third-order valence-electron chi connectivity index (χ3n) is 4.00. The minimum atomic E-state index is 0.120. The van der Waals surface area contributed by atoms with Gasteiger partial charge in [-0.25, -0.2) is 0 Å². The molecule has 1 N–H and O–H groups in total. The number of nitrogens with zero attached hydrogens (tertiary/aromatic N) is 1. The zero-order chi connectivity index (χ0) is 14.5. The molecule has 0 aliphatic rings. The summed E-state index contributed by atoms with van der Waals surface area (Å²) in [4.78, 5) is 0. The molecule has 1 rings (SSSR count). The molecule has 0 spiro atoms. The molecule has 0 unspecified atom stereocenters. The van der Waals surface area contributed by atoms with E-state index in [1.807, 2.05) is 0 Å². The second-order valence-corrected chi connectivity index (χ2v) is 6.00. The van der Waals surface area contributed by atoms with Gasteiger partial charge >= 0.3 is 0 Å². The number of benzene rings is 1. The fourth-order valence-electron chi connectivity index (χ4n) is 2.48. The van der Waals surface area contributed by atoms with Crippen LogP contribution in [0.5, 0.6) is 0 Å². The summed E-state index contributed by atoms with van der Waals surface area (Å²) in [5.74, 6) is 0. The summed E-state index contributed by atoms with van der Waals surface area (Å²) in [6, 6.07) is 6.66. The van der Waals surface area contributed by atoms with Crippen molar-refractivity contribution in [2.75, 3.05) is 13.1 Å². The molecule has 0 bridgehead atoms. The van der Waals surface area contributed by atoms with Crippen molar-refractivity contribution in [3.8, 4) is 6.07 Å². The second-order valence-electron chi connectivity index (χ2n) is 6.00. The molecule has 0 aliphatic heterocycles. The highest BCUT2D eigenvalue weighted by Gasteiger charge is 2.22. The van der Waals surface area contributed by atoms with Crippen LogP contribution in [0.4, 0.5) is 0 Å². The smallest absolute Gasteiger partial charge is 0.0622 e. The lowest BCUT2D eigenvalue weighted by atomic mass is 9.80. The first kappa shape index (κ1) is 15.7. The number of rotatable bonds is 6. The van der Waals surface area contributed by atoms with E-state index in [2.05, 4.69) is 58.1 Å². The largest absolute Gasteiger partial charge is 0.316 e. The predicted octanol–water partition coefficient (Wildman–Crippen LogP) is 3.78. The maximum atomic E-state index is 8.52. The van der Waals surface area contributed by atoms with E-state index < -0.39 is 0 Å². The van der Waals surface area contributed by atoms with Crippen LogP contribution in [0.2, 0.25) is 0 Å². The average molecular weight is 258 g/mol. The topological polar surface area (TPSA) is 35.8 Å². The van der Waals surface area contributed by atoms with Gasteiger partial charge in [0, 0.05) is 18.4 Å². The standard InChI is InChI=1S/C17H26N2/c1-13-8-9-16(15(3)14(13)2)17(4,5)12-19-11-7-6-10-18/h8-9,19H,6-7,11-12H2,1-5H3. The molecule has 1 aromatic rings. The predicted molar refractivity (Wildman–Crippen MR) is 81.4 cm³/mol. The Kier molecular flexibility index (Phi) is 5.57. The number of unbranched alkanes of at least 4 members (excludes halogenated alkanes) is 1. The summed E-state index contributed by atoms with van der Waals surface area (Å²) in [5.41, 5.74) is 5.70. The van der Waals surface area contributed by atoms with Gasteiger partial charge in [0.05, 0.1) is 6.07 Å². The Morgan fingerprint density at radius 1 is 1.16 bits per heavy atom. The van der Waals surface area contributed by atoms with Gasteiger partial charge in [-0.2, -0.15) is 5.26 Å². The molecular formula is C17H26N2. The van der Waals surface area contributed by atoms with Gasteiger partial charge in [-0.1, -0.05) is 26.0 Å². The van der Waals surface area contributed by atoms with E-state index in [-0.39, 0.29) is 5.41 Å². The van der Waals surface area contributed by atoms with Gasteiger partial charge in [0.2, 0.25) is 0 Å². The molecule has 0 fully saturated rings. The molecule has 0 amide bonds. The quantitative estimate of drug-likeness (QED) is 0.788. The third-order valence-corrected chi connectivity index (χ3v) is 4.00. The lowest BCUT2D eigenvalue weighted by Gasteiger charge is -2.29. The van der Waals surface area contributed by atoms with E-state index in [9.17, 15) is 0 Å². The second kappa shape index (κ2) is 6.73. The van der Waals surface area contributed by atoms with E-state index in [0.717, 1.165) is 19.5 Å². The van der Waals surface area contributed by atoms with Crippen molar-refractivity contribution in [3.63, 3.8) is 0 Å². The van der Waals surface area contributed by atoms with Gasteiger partial charge in [0.25, 0.3) is 0 Å². The molecule has 0 atom stereocenters. The van der Waals surface area contributed by atoms with Crippen molar-refractivity contribution in [1.82, 2.24) is 5.32 Å². The molecule has 104 valence electrons. The molecule has 2 nitrogen and oxygen atoms in total. The lowest BCUT2D eigenvalue weighted by molar-refractivity contribution is 0.465. The van der Waals surface area contributed by atoms with Gasteiger partial charge in [-0.15, -0.1) is 0 Å². The van der Waals surface area contributed by atoms with Gasteiger partial charge < -0.3 is 5.32 Å². The van der Waals surface area contributed by atoms with Gasteiger partial charge in [-0.05, 0) is 56.0 Å². The third kappa shape index (κ3) is 4.08. The maximum absolute atomic E-state index is 8.52. The van der Waals surface area contributed by atoms with Crippen LogP contribution in [0.25, 0.3) is 0 Å². The Balaban J connectivity index is 2.72. The van der Waals surface area contributed by atoms with E-state index in [1.54, 1.807) is 0 Å². The number of nitrogens with one attached hydrogen (secondary N) is 1. The molecule has 0 saturated heterocycles. The van der Waals surface area contributed by atoms with E-state index in [1.165, 1.54) is 22.3 Å². The first-order valence-corrected chi connectivity index (χ1v) is 7.05. The molecule has 0 saturated carbocycles. The van der Waals surface area contributed by atoms with Crippen molar-refractivity contribution < 1.29 is 0 Å². The Hall–Kier alpha value is -1.33. The van der Waals surface area contributed by atoms with Crippen LogP contribution in [0.1, 0.15) is 48.9 Å². The monoisotopic (exact) mass is 258 g/mol. The van der Waals surface area contributed by atoms with Crippen LogP contribution in [-0.4, -0.2) is 13.1 Å². The number of aryl methyl sites for hydroxylation is 1. The van der Waals surface area contributed by atoms with Crippen LogP contribution in [-0.2, 0) is 5.41 Å². The Bertz CT molecular complexity index is 467. The summed E-state index contributed by atoms with van der Waals surface area (Å²) in [6.07, 6.45) is 1.56. The molecule has 0 heterocycles. The number of nitriles is 1. The minimum absolute atomic E-state index is 0.120. The highest BCUT2D eigenvalue weighted by Crippen LogP contribution is 2.28. The normalized spacial score (nSPS) is 11.4. The fraction of sp³-hybridized carbons (Fsp3) is 0.588. The summed E-state index contributed by atoms with van der Waals surface area (Å²) >= 11 is 0. The number of hydrogen-bond acceptors (Lipinski definition) is 2. The van der Waals surface area contributed by atoms with Crippen molar-refractivity contribution >= 4 is 0 Å². The SMILES string of the molecule is Cc1ccc(C(C)(C)CNCCCC#N)c(C)c1C. The first-order valence-electron chi connectivity index (χ1n) is 7.05. The Morgan fingerprint density at radius 3 is 2.47 bits per heavy atom. The Morgan fingerprint density at radius 2 is 1.84 bits per heavy atom. The first-order chi connectivity index (χ1) is 8.90. The van der Waals surface area contributed by atoms with Gasteiger partial charge in [0.15, 0.2) is 0 Å². The lowest BCUT2D eigenvalue weighted by Crippen LogP contribution is -2.34. The molecule has 0 radical (unpaired) electrons. The van der Waals surface area contributed by atoms with Gasteiger partial charge in [-0.3, -0.25) is 0 Å².